The second-order valence-corrected chi connectivity index (χ2v) is 6.70. The molecule has 1 heterocycles. The average Bonchev–Trinajstić information content (AvgIpc) is 2.66. The standard InChI is InChI=1S/C20H34N4O2/c1-4-21-20(22-10-5-11-24-12-14-25-15-13-24)23-16-18(3)26-19-8-6-17(2)7-9-19/h6-9,18H,4-5,10-16H2,1-3H3,(H2,21,22,23). The molecule has 2 rings (SSSR count). The molecule has 1 aromatic rings. The maximum absolute atomic E-state index is 5.92. The molecule has 0 aliphatic carbocycles. The van der Waals surface area contributed by atoms with Crippen molar-refractivity contribution in [3.8, 4) is 5.75 Å². The van der Waals surface area contributed by atoms with Crippen LogP contribution in [0, 0.1) is 6.92 Å². The molecular formula is C20H34N4O2. The lowest BCUT2D eigenvalue weighted by molar-refractivity contribution is 0.0376. The van der Waals surface area contributed by atoms with Crippen LogP contribution in [0.4, 0.5) is 0 Å². The van der Waals surface area contributed by atoms with E-state index >= 15 is 0 Å². The number of rotatable bonds is 9. The fourth-order valence-electron chi connectivity index (χ4n) is 2.78. The number of aliphatic imine (C=N–C) groups is 1. The zero-order valence-corrected chi connectivity index (χ0v) is 16.5. The highest BCUT2D eigenvalue weighted by Crippen LogP contribution is 2.13. The van der Waals surface area contributed by atoms with E-state index < -0.39 is 0 Å². The number of nitrogens with one attached hydrogen (secondary N) is 2. The Morgan fingerprint density at radius 2 is 1.96 bits per heavy atom. The highest BCUT2D eigenvalue weighted by Gasteiger charge is 2.09. The van der Waals surface area contributed by atoms with Crippen molar-refractivity contribution in [1.29, 1.82) is 0 Å². The molecular weight excluding hydrogens is 328 g/mol. The summed E-state index contributed by atoms with van der Waals surface area (Å²) in [6.45, 7) is 13.5. The first-order chi connectivity index (χ1) is 12.7. The largest absolute Gasteiger partial charge is 0.489 e. The van der Waals surface area contributed by atoms with Crippen LogP contribution in [0.5, 0.6) is 5.75 Å². The van der Waals surface area contributed by atoms with Gasteiger partial charge in [-0.3, -0.25) is 4.90 Å². The number of ether oxygens (including phenoxy) is 2. The predicted octanol–water partition coefficient (Wildman–Crippen LogP) is 2.04. The topological polar surface area (TPSA) is 58.1 Å². The summed E-state index contributed by atoms with van der Waals surface area (Å²) in [6, 6.07) is 8.13. The molecule has 1 saturated heterocycles. The molecule has 146 valence electrons. The summed E-state index contributed by atoms with van der Waals surface area (Å²) in [4.78, 5) is 7.10. The van der Waals surface area contributed by atoms with E-state index in [1.54, 1.807) is 0 Å². The molecule has 1 unspecified atom stereocenters. The van der Waals surface area contributed by atoms with Gasteiger partial charge in [0.25, 0.3) is 0 Å². The van der Waals surface area contributed by atoms with Crippen LogP contribution in [-0.4, -0.2) is 69.4 Å². The van der Waals surface area contributed by atoms with Crippen LogP contribution >= 0.6 is 0 Å². The third-order valence-corrected chi connectivity index (χ3v) is 4.26. The minimum Gasteiger partial charge on any atom is -0.489 e. The lowest BCUT2D eigenvalue weighted by Gasteiger charge is -2.26. The molecule has 1 fully saturated rings. The van der Waals surface area contributed by atoms with Crippen molar-refractivity contribution >= 4 is 5.96 Å². The van der Waals surface area contributed by atoms with Gasteiger partial charge in [-0.1, -0.05) is 17.7 Å². The van der Waals surface area contributed by atoms with E-state index in [-0.39, 0.29) is 6.10 Å². The van der Waals surface area contributed by atoms with E-state index in [1.165, 1.54) is 5.56 Å². The van der Waals surface area contributed by atoms with E-state index in [0.29, 0.717) is 6.54 Å². The Morgan fingerprint density at radius 1 is 1.23 bits per heavy atom. The van der Waals surface area contributed by atoms with Gasteiger partial charge >= 0.3 is 0 Å². The van der Waals surface area contributed by atoms with E-state index in [0.717, 1.165) is 64.1 Å². The Kier molecular flexibility index (Phi) is 9.28. The summed E-state index contributed by atoms with van der Waals surface area (Å²) in [7, 11) is 0. The molecule has 0 aromatic heterocycles. The van der Waals surface area contributed by atoms with Gasteiger partial charge in [-0.25, -0.2) is 4.99 Å². The number of guanidine groups is 1. The zero-order chi connectivity index (χ0) is 18.6. The van der Waals surface area contributed by atoms with Crippen LogP contribution in [0.1, 0.15) is 25.8 Å². The molecule has 0 spiro atoms. The Hall–Kier alpha value is -1.79. The molecule has 2 N–H and O–H groups in total. The number of aryl methyl sites for hydroxylation is 1. The quantitative estimate of drug-likeness (QED) is 0.400. The molecule has 0 saturated carbocycles. The SMILES string of the molecule is CCNC(=NCC(C)Oc1ccc(C)cc1)NCCCN1CCOCC1. The van der Waals surface area contributed by atoms with Crippen molar-refractivity contribution in [2.75, 3.05) is 52.5 Å². The Morgan fingerprint density at radius 3 is 2.65 bits per heavy atom. The van der Waals surface area contributed by atoms with Crippen LogP contribution in [-0.2, 0) is 4.74 Å². The summed E-state index contributed by atoms with van der Waals surface area (Å²) < 4.78 is 11.3. The maximum Gasteiger partial charge on any atom is 0.191 e. The van der Waals surface area contributed by atoms with Gasteiger partial charge in [-0.15, -0.1) is 0 Å². The van der Waals surface area contributed by atoms with Crippen LogP contribution in [0.3, 0.4) is 0 Å². The van der Waals surface area contributed by atoms with E-state index in [1.807, 2.05) is 19.1 Å². The van der Waals surface area contributed by atoms with Crippen molar-refractivity contribution in [2.24, 2.45) is 4.99 Å². The van der Waals surface area contributed by atoms with Gasteiger partial charge in [0.2, 0.25) is 0 Å². The lowest BCUT2D eigenvalue weighted by Crippen LogP contribution is -2.41. The summed E-state index contributed by atoms with van der Waals surface area (Å²) >= 11 is 0. The van der Waals surface area contributed by atoms with Gasteiger partial charge in [0.1, 0.15) is 11.9 Å². The van der Waals surface area contributed by atoms with Gasteiger partial charge in [-0.05, 0) is 45.9 Å². The second kappa shape index (κ2) is 11.8. The first-order valence-electron chi connectivity index (χ1n) is 9.73. The molecule has 6 nitrogen and oxygen atoms in total. The molecule has 1 aliphatic heterocycles. The van der Waals surface area contributed by atoms with Gasteiger partial charge in [0.15, 0.2) is 5.96 Å². The van der Waals surface area contributed by atoms with E-state index in [2.05, 4.69) is 46.5 Å². The summed E-state index contributed by atoms with van der Waals surface area (Å²) in [5, 5.41) is 6.71. The summed E-state index contributed by atoms with van der Waals surface area (Å²) in [6.07, 6.45) is 1.13. The van der Waals surface area contributed by atoms with Crippen molar-refractivity contribution < 1.29 is 9.47 Å². The first kappa shape index (κ1) is 20.5. The number of benzene rings is 1. The highest BCUT2D eigenvalue weighted by molar-refractivity contribution is 5.79. The zero-order valence-electron chi connectivity index (χ0n) is 16.5. The molecule has 1 aromatic carbocycles. The number of hydrogen-bond donors (Lipinski definition) is 2. The minimum atomic E-state index is 0.0292. The maximum atomic E-state index is 5.92. The fourth-order valence-corrected chi connectivity index (χ4v) is 2.78. The molecule has 0 radical (unpaired) electrons. The van der Waals surface area contributed by atoms with E-state index in [9.17, 15) is 0 Å². The van der Waals surface area contributed by atoms with Crippen molar-refractivity contribution in [1.82, 2.24) is 15.5 Å². The first-order valence-corrected chi connectivity index (χ1v) is 9.73. The molecule has 0 amide bonds. The van der Waals surface area contributed by atoms with Crippen LogP contribution < -0.4 is 15.4 Å². The average molecular weight is 363 g/mol. The summed E-state index contributed by atoms with van der Waals surface area (Å²) in [5.74, 6) is 1.75. The molecule has 1 atom stereocenters. The lowest BCUT2D eigenvalue weighted by atomic mass is 10.2. The smallest absolute Gasteiger partial charge is 0.191 e. The molecule has 6 heteroatoms. The third kappa shape index (κ3) is 8.06. The van der Waals surface area contributed by atoms with Crippen LogP contribution in [0.2, 0.25) is 0 Å². The number of nitrogens with zero attached hydrogens (tertiary/aromatic N) is 2. The van der Waals surface area contributed by atoms with E-state index in [4.69, 9.17) is 9.47 Å². The monoisotopic (exact) mass is 362 g/mol. The minimum absolute atomic E-state index is 0.0292. The third-order valence-electron chi connectivity index (χ3n) is 4.26. The molecule has 1 aliphatic rings. The number of hydrogen-bond acceptors (Lipinski definition) is 4. The fraction of sp³-hybridized carbons (Fsp3) is 0.650. The second-order valence-electron chi connectivity index (χ2n) is 6.70. The predicted molar refractivity (Wildman–Crippen MR) is 107 cm³/mol. The highest BCUT2D eigenvalue weighted by atomic mass is 16.5. The Balaban J connectivity index is 1.69. The summed E-state index contributed by atoms with van der Waals surface area (Å²) in [5.41, 5.74) is 1.23. The Bertz CT molecular complexity index is 527. The van der Waals surface area contributed by atoms with Crippen LogP contribution in [0.15, 0.2) is 29.3 Å². The van der Waals surface area contributed by atoms with Crippen molar-refractivity contribution in [2.45, 2.75) is 33.3 Å². The van der Waals surface area contributed by atoms with Crippen molar-refractivity contribution in [3.05, 3.63) is 29.8 Å². The molecule has 26 heavy (non-hydrogen) atoms. The number of morpholine rings is 1. The normalized spacial score (nSPS) is 17.0. The molecule has 0 bridgehead atoms. The van der Waals surface area contributed by atoms with Crippen molar-refractivity contribution in [3.63, 3.8) is 0 Å². The van der Waals surface area contributed by atoms with Gasteiger partial charge in [0.05, 0.1) is 19.8 Å². The van der Waals surface area contributed by atoms with Crippen LogP contribution in [0.25, 0.3) is 0 Å². The Labute approximate surface area is 158 Å². The van der Waals surface area contributed by atoms with Gasteiger partial charge in [0, 0.05) is 26.2 Å². The van der Waals surface area contributed by atoms with Gasteiger partial charge in [-0.2, -0.15) is 0 Å². The van der Waals surface area contributed by atoms with Gasteiger partial charge < -0.3 is 20.1 Å².